The molecule has 0 spiro atoms. The van der Waals surface area contributed by atoms with Crippen LogP contribution in [0.4, 0.5) is 0 Å². The first kappa shape index (κ1) is 27.1. The minimum atomic E-state index is 0. The van der Waals surface area contributed by atoms with Gasteiger partial charge in [-0.25, -0.2) is 0 Å². The fourth-order valence-electron chi connectivity index (χ4n) is 3.60. The Kier molecular flexibility index (Phi) is 14.3. The number of likely N-dealkylation sites (N-methyl/N-ethyl adjacent to an activating group) is 1. The Morgan fingerprint density at radius 3 is 2.50 bits per heavy atom. The highest BCUT2D eigenvalue weighted by atomic mass is 127. The highest BCUT2D eigenvalue weighted by Crippen LogP contribution is 2.15. The lowest BCUT2D eigenvalue weighted by Crippen LogP contribution is -2.47. The molecule has 0 aromatic heterocycles. The summed E-state index contributed by atoms with van der Waals surface area (Å²) in [6.45, 7) is 7.35. The van der Waals surface area contributed by atoms with Gasteiger partial charge in [0.15, 0.2) is 5.96 Å². The lowest BCUT2D eigenvalue weighted by atomic mass is 10.1. The number of rotatable bonds is 11. The molecule has 1 aliphatic rings. The fraction of sp³-hybridized carbons (Fsp3) is 0.696. The largest absolute Gasteiger partial charge is 0.385 e. The summed E-state index contributed by atoms with van der Waals surface area (Å²) in [5.41, 5.74) is 1.36. The predicted molar refractivity (Wildman–Crippen MR) is 136 cm³/mol. The number of ether oxygens (including phenoxy) is 2. The van der Waals surface area contributed by atoms with Gasteiger partial charge in [0.2, 0.25) is 0 Å². The van der Waals surface area contributed by atoms with E-state index in [1.54, 1.807) is 7.11 Å². The molecule has 1 unspecified atom stereocenters. The molecular weight excluding hydrogens is 491 g/mol. The Balaban J connectivity index is 0.00000450. The van der Waals surface area contributed by atoms with Crippen LogP contribution < -0.4 is 5.32 Å². The minimum absolute atomic E-state index is 0. The number of methoxy groups -OCH3 is 1. The lowest BCUT2D eigenvalue weighted by Gasteiger charge is -2.34. The lowest BCUT2D eigenvalue weighted by molar-refractivity contribution is 0.00989. The predicted octanol–water partition coefficient (Wildman–Crippen LogP) is 3.26. The number of benzene rings is 1. The molecule has 0 radical (unpaired) electrons. The van der Waals surface area contributed by atoms with Crippen molar-refractivity contribution in [3.8, 4) is 0 Å². The summed E-state index contributed by atoms with van der Waals surface area (Å²) >= 11 is 0. The van der Waals surface area contributed by atoms with Crippen molar-refractivity contribution >= 4 is 29.9 Å². The molecule has 30 heavy (non-hydrogen) atoms. The number of nitrogens with one attached hydrogen (secondary N) is 1. The topological polar surface area (TPSA) is 49.3 Å². The van der Waals surface area contributed by atoms with Gasteiger partial charge in [-0.15, -0.1) is 24.0 Å². The van der Waals surface area contributed by atoms with Gasteiger partial charge < -0.3 is 24.6 Å². The van der Waals surface area contributed by atoms with Crippen LogP contribution in [0.25, 0.3) is 0 Å². The summed E-state index contributed by atoms with van der Waals surface area (Å²) in [4.78, 5) is 9.66. The van der Waals surface area contributed by atoms with Crippen molar-refractivity contribution in [1.29, 1.82) is 0 Å². The number of halogens is 1. The van der Waals surface area contributed by atoms with Gasteiger partial charge in [0.1, 0.15) is 0 Å². The van der Waals surface area contributed by atoms with E-state index < -0.39 is 0 Å². The normalized spacial score (nSPS) is 16.4. The number of aliphatic imine (C=N–C) groups is 1. The van der Waals surface area contributed by atoms with Crippen LogP contribution in [-0.2, 0) is 15.9 Å². The van der Waals surface area contributed by atoms with Gasteiger partial charge in [-0.2, -0.15) is 0 Å². The van der Waals surface area contributed by atoms with Crippen molar-refractivity contribution in [3.63, 3.8) is 0 Å². The smallest absolute Gasteiger partial charge is 0.193 e. The second kappa shape index (κ2) is 15.8. The molecule has 1 aromatic carbocycles. The zero-order valence-electron chi connectivity index (χ0n) is 19.2. The maximum Gasteiger partial charge on any atom is 0.193 e. The molecule has 1 atom stereocenters. The van der Waals surface area contributed by atoms with Gasteiger partial charge in [-0.3, -0.25) is 4.99 Å². The molecule has 0 aliphatic carbocycles. The molecule has 1 saturated heterocycles. The van der Waals surface area contributed by atoms with Crippen molar-refractivity contribution in [2.45, 2.75) is 44.8 Å². The third kappa shape index (κ3) is 9.94. The Labute approximate surface area is 200 Å². The van der Waals surface area contributed by atoms with Crippen LogP contribution in [0.5, 0.6) is 0 Å². The van der Waals surface area contributed by atoms with Crippen molar-refractivity contribution in [3.05, 3.63) is 35.9 Å². The van der Waals surface area contributed by atoms with Crippen LogP contribution >= 0.6 is 24.0 Å². The second-order valence-corrected chi connectivity index (χ2v) is 7.91. The van der Waals surface area contributed by atoms with E-state index in [9.17, 15) is 0 Å². The molecule has 1 heterocycles. The summed E-state index contributed by atoms with van der Waals surface area (Å²) in [5, 5.41) is 3.49. The second-order valence-electron chi connectivity index (χ2n) is 7.91. The monoisotopic (exact) mass is 532 g/mol. The van der Waals surface area contributed by atoms with Crippen LogP contribution in [-0.4, -0.2) is 88.5 Å². The molecule has 1 fully saturated rings. The van der Waals surface area contributed by atoms with Crippen LogP contribution in [0.3, 0.4) is 0 Å². The molecule has 0 bridgehead atoms. The Morgan fingerprint density at radius 2 is 1.90 bits per heavy atom. The third-order valence-electron chi connectivity index (χ3n) is 5.42. The zero-order chi connectivity index (χ0) is 20.9. The number of likely N-dealkylation sites (tertiary alicyclic amines) is 1. The van der Waals surface area contributed by atoms with E-state index >= 15 is 0 Å². The van der Waals surface area contributed by atoms with Crippen molar-refractivity contribution in [2.75, 3.05) is 60.6 Å². The Morgan fingerprint density at radius 1 is 1.20 bits per heavy atom. The van der Waals surface area contributed by atoms with Gasteiger partial charge in [0.05, 0.1) is 12.6 Å². The summed E-state index contributed by atoms with van der Waals surface area (Å²) in [6.07, 6.45) is 4.44. The van der Waals surface area contributed by atoms with Crippen LogP contribution in [0.15, 0.2) is 35.3 Å². The van der Waals surface area contributed by atoms with Gasteiger partial charge >= 0.3 is 0 Å². The zero-order valence-corrected chi connectivity index (χ0v) is 21.5. The van der Waals surface area contributed by atoms with E-state index in [4.69, 9.17) is 14.5 Å². The number of guanidine groups is 1. The van der Waals surface area contributed by atoms with Crippen molar-refractivity contribution < 1.29 is 9.47 Å². The highest BCUT2D eigenvalue weighted by Gasteiger charge is 2.22. The first-order valence-electron chi connectivity index (χ1n) is 11.0. The molecular formula is C23H41IN4O2. The standard InChI is InChI=1S/C23H40N4O2.HI/c1-5-24-23(27-14-12-22(13-15-27)29-17-9-16-28-4)25-19-21(26(2)3)18-20-10-7-6-8-11-20;/h6-8,10-11,21-22H,5,9,12-19H2,1-4H3,(H,24,25);1H. The summed E-state index contributed by atoms with van der Waals surface area (Å²) < 4.78 is 11.1. The Bertz CT molecular complexity index is 578. The van der Waals surface area contributed by atoms with Gasteiger partial charge in [0.25, 0.3) is 0 Å². The summed E-state index contributed by atoms with van der Waals surface area (Å²) in [7, 11) is 6.02. The van der Waals surface area contributed by atoms with Crippen molar-refractivity contribution in [1.82, 2.24) is 15.1 Å². The van der Waals surface area contributed by atoms with E-state index in [2.05, 4.69) is 66.5 Å². The molecule has 2 rings (SSSR count). The van der Waals surface area contributed by atoms with Gasteiger partial charge in [-0.1, -0.05) is 30.3 Å². The average molecular weight is 533 g/mol. The van der Waals surface area contributed by atoms with Crippen LogP contribution in [0.2, 0.25) is 0 Å². The number of hydrogen-bond donors (Lipinski definition) is 1. The molecule has 1 N–H and O–H groups in total. The Hall–Kier alpha value is -0.900. The van der Waals surface area contributed by atoms with Crippen LogP contribution in [0, 0.1) is 0 Å². The molecule has 1 aliphatic heterocycles. The molecule has 172 valence electrons. The average Bonchev–Trinajstić information content (AvgIpc) is 2.74. The first-order valence-corrected chi connectivity index (χ1v) is 11.0. The van der Waals surface area contributed by atoms with Crippen LogP contribution in [0.1, 0.15) is 31.7 Å². The maximum absolute atomic E-state index is 6.00. The first-order chi connectivity index (χ1) is 14.1. The quantitative estimate of drug-likeness (QED) is 0.205. The molecule has 0 saturated carbocycles. The number of piperidine rings is 1. The maximum atomic E-state index is 6.00. The van der Waals surface area contributed by atoms with Gasteiger partial charge in [-0.05, 0) is 52.3 Å². The number of nitrogens with zero attached hydrogens (tertiary/aromatic N) is 3. The van der Waals surface area contributed by atoms with E-state index in [0.717, 1.165) is 71.0 Å². The third-order valence-corrected chi connectivity index (χ3v) is 5.42. The molecule has 0 amide bonds. The molecule has 6 nitrogen and oxygen atoms in total. The number of hydrogen-bond acceptors (Lipinski definition) is 4. The fourth-order valence-corrected chi connectivity index (χ4v) is 3.60. The summed E-state index contributed by atoms with van der Waals surface area (Å²) in [5.74, 6) is 1.03. The van der Waals surface area contributed by atoms with E-state index in [0.29, 0.717) is 12.1 Å². The van der Waals surface area contributed by atoms with E-state index in [-0.39, 0.29) is 24.0 Å². The highest BCUT2D eigenvalue weighted by molar-refractivity contribution is 14.0. The van der Waals surface area contributed by atoms with Gasteiger partial charge in [0, 0.05) is 46.0 Å². The summed E-state index contributed by atoms with van der Waals surface area (Å²) in [6, 6.07) is 11.1. The van der Waals surface area contributed by atoms with E-state index in [1.165, 1.54) is 5.56 Å². The van der Waals surface area contributed by atoms with Crippen molar-refractivity contribution in [2.24, 2.45) is 4.99 Å². The SMILES string of the molecule is CCNC(=NCC(Cc1ccccc1)N(C)C)N1CCC(OCCCOC)CC1.I. The molecule has 7 heteroatoms. The van der Waals surface area contributed by atoms with E-state index in [1.807, 2.05) is 0 Å². The molecule has 1 aromatic rings. The minimum Gasteiger partial charge on any atom is -0.385 e.